The highest BCUT2D eigenvalue weighted by Crippen LogP contribution is 2.22. The van der Waals surface area contributed by atoms with E-state index >= 15 is 0 Å². The van der Waals surface area contributed by atoms with Gasteiger partial charge in [0.05, 0.1) is 5.69 Å². The molecular formula is C17H29Cl2FN4O. The Hall–Kier alpha value is -1.08. The van der Waals surface area contributed by atoms with Crippen LogP contribution in [0.4, 0.5) is 10.1 Å². The molecule has 1 aliphatic rings. The van der Waals surface area contributed by atoms with E-state index in [9.17, 15) is 9.18 Å². The van der Waals surface area contributed by atoms with Crippen LogP contribution in [0.15, 0.2) is 18.2 Å². The van der Waals surface area contributed by atoms with E-state index in [0.717, 1.165) is 32.7 Å². The minimum Gasteiger partial charge on any atom is -0.367 e. The summed E-state index contributed by atoms with van der Waals surface area (Å²) in [6.07, 6.45) is 0. The smallest absolute Gasteiger partial charge is 0.251 e. The number of anilines is 1. The van der Waals surface area contributed by atoms with Gasteiger partial charge in [-0.2, -0.15) is 0 Å². The van der Waals surface area contributed by atoms with Gasteiger partial charge < -0.3 is 20.9 Å². The fourth-order valence-corrected chi connectivity index (χ4v) is 2.64. The zero-order chi connectivity index (χ0) is 17.0. The number of rotatable bonds is 5. The maximum atomic E-state index is 14.4. The Labute approximate surface area is 161 Å². The molecule has 2 rings (SSSR count). The number of hydrogen-bond donors (Lipinski definition) is 2. The zero-order valence-electron chi connectivity index (χ0n) is 15.0. The Morgan fingerprint density at radius 3 is 2.32 bits per heavy atom. The van der Waals surface area contributed by atoms with Gasteiger partial charge in [0.1, 0.15) is 5.82 Å². The number of nitrogens with two attached hydrogens (primary N) is 1. The van der Waals surface area contributed by atoms with Gasteiger partial charge in [-0.15, -0.1) is 24.8 Å². The summed E-state index contributed by atoms with van der Waals surface area (Å²) in [5, 5.41) is 2.81. The van der Waals surface area contributed by atoms with Gasteiger partial charge >= 0.3 is 0 Å². The number of nitrogens with one attached hydrogen (secondary N) is 1. The fraction of sp³-hybridized carbons (Fsp3) is 0.588. The molecule has 1 fully saturated rings. The highest BCUT2D eigenvalue weighted by Gasteiger charge is 2.22. The number of likely N-dealkylation sites (N-methyl/N-ethyl adjacent to an activating group) is 1. The lowest BCUT2D eigenvalue weighted by atomic mass is 10.0. The van der Waals surface area contributed by atoms with Crippen molar-refractivity contribution in [2.75, 3.05) is 44.2 Å². The monoisotopic (exact) mass is 394 g/mol. The second-order valence-corrected chi connectivity index (χ2v) is 6.63. The molecule has 0 bridgehead atoms. The number of nitrogens with zero attached hydrogens (tertiary/aromatic N) is 2. The van der Waals surface area contributed by atoms with Crippen LogP contribution in [-0.2, 0) is 0 Å². The first kappa shape index (κ1) is 23.9. The van der Waals surface area contributed by atoms with Crippen molar-refractivity contribution in [3.05, 3.63) is 29.6 Å². The number of amides is 1. The summed E-state index contributed by atoms with van der Waals surface area (Å²) >= 11 is 0. The van der Waals surface area contributed by atoms with Crippen molar-refractivity contribution in [1.29, 1.82) is 0 Å². The lowest BCUT2D eigenvalue weighted by Gasteiger charge is -2.35. The van der Waals surface area contributed by atoms with Crippen molar-refractivity contribution in [3.8, 4) is 0 Å². The molecular weight excluding hydrogens is 366 g/mol. The molecule has 8 heteroatoms. The molecule has 0 aromatic heterocycles. The number of carbonyl (C=O) groups excluding carboxylic acids is 1. The third-order valence-corrected chi connectivity index (χ3v) is 4.33. The Morgan fingerprint density at radius 1 is 1.24 bits per heavy atom. The SMILES string of the molecule is CCN1CCN(c2ccc(C(=O)NC(C)(C)CN)cc2F)CC1.Cl.Cl. The average molecular weight is 395 g/mol. The molecule has 5 nitrogen and oxygen atoms in total. The predicted molar refractivity (Wildman–Crippen MR) is 106 cm³/mol. The standard InChI is InChI=1S/C17H27FN4O.2ClH/c1-4-21-7-9-22(10-8-21)15-6-5-13(11-14(15)18)16(23)20-17(2,3)12-19;;/h5-6,11H,4,7-10,12,19H2,1-3H3,(H,20,23);2*1H. The number of halogens is 3. The summed E-state index contributed by atoms with van der Waals surface area (Å²) in [7, 11) is 0. The first-order valence-electron chi connectivity index (χ1n) is 8.15. The summed E-state index contributed by atoms with van der Waals surface area (Å²) < 4.78 is 14.4. The van der Waals surface area contributed by atoms with Crippen LogP contribution in [0, 0.1) is 5.82 Å². The molecule has 1 aromatic rings. The summed E-state index contributed by atoms with van der Waals surface area (Å²) in [5.41, 5.74) is 5.98. The lowest BCUT2D eigenvalue weighted by Crippen LogP contribution is -2.49. The van der Waals surface area contributed by atoms with Gasteiger partial charge in [0.15, 0.2) is 0 Å². The molecule has 1 heterocycles. The largest absolute Gasteiger partial charge is 0.367 e. The van der Waals surface area contributed by atoms with Gasteiger partial charge in [-0.05, 0) is 38.6 Å². The molecule has 0 atom stereocenters. The minimum absolute atomic E-state index is 0. The molecule has 25 heavy (non-hydrogen) atoms. The van der Waals surface area contributed by atoms with E-state index < -0.39 is 5.54 Å². The Kier molecular flexibility index (Phi) is 9.72. The third kappa shape index (κ3) is 6.29. The summed E-state index contributed by atoms with van der Waals surface area (Å²) in [6, 6.07) is 4.68. The van der Waals surface area contributed by atoms with Gasteiger partial charge in [0, 0.05) is 43.8 Å². The van der Waals surface area contributed by atoms with Crippen LogP contribution in [0.25, 0.3) is 0 Å². The summed E-state index contributed by atoms with van der Waals surface area (Å²) in [5.74, 6) is -0.658. The Balaban J connectivity index is 0.00000288. The quantitative estimate of drug-likeness (QED) is 0.803. The molecule has 0 spiro atoms. The topological polar surface area (TPSA) is 61.6 Å². The van der Waals surface area contributed by atoms with E-state index in [4.69, 9.17) is 5.73 Å². The Morgan fingerprint density at radius 2 is 1.84 bits per heavy atom. The van der Waals surface area contributed by atoms with Gasteiger partial charge in [-0.3, -0.25) is 4.79 Å². The van der Waals surface area contributed by atoms with E-state index in [1.54, 1.807) is 12.1 Å². The van der Waals surface area contributed by atoms with Crippen molar-refractivity contribution in [2.45, 2.75) is 26.3 Å². The molecule has 0 saturated carbocycles. The average Bonchev–Trinajstić information content (AvgIpc) is 2.54. The van der Waals surface area contributed by atoms with Gasteiger partial charge in [-0.25, -0.2) is 4.39 Å². The second-order valence-electron chi connectivity index (χ2n) is 6.63. The highest BCUT2D eigenvalue weighted by molar-refractivity contribution is 5.95. The van der Waals surface area contributed by atoms with Crippen molar-refractivity contribution >= 4 is 36.4 Å². The van der Waals surface area contributed by atoms with E-state index in [1.807, 2.05) is 18.7 Å². The molecule has 1 aromatic carbocycles. The first-order valence-corrected chi connectivity index (χ1v) is 8.15. The number of hydrogen-bond acceptors (Lipinski definition) is 4. The molecule has 3 N–H and O–H groups in total. The van der Waals surface area contributed by atoms with Gasteiger partial charge in [-0.1, -0.05) is 6.92 Å². The van der Waals surface area contributed by atoms with Crippen LogP contribution in [-0.4, -0.2) is 55.6 Å². The maximum absolute atomic E-state index is 14.4. The fourth-order valence-electron chi connectivity index (χ4n) is 2.64. The number of benzene rings is 1. The van der Waals surface area contributed by atoms with Crippen LogP contribution in [0.3, 0.4) is 0 Å². The highest BCUT2D eigenvalue weighted by atomic mass is 35.5. The van der Waals surface area contributed by atoms with E-state index in [1.165, 1.54) is 6.07 Å². The molecule has 0 aliphatic carbocycles. The van der Waals surface area contributed by atoms with E-state index in [-0.39, 0.29) is 36.5 Å². The third-order valence-electron chi connectivity index (χ3n) is 4.33. The van der Waals surface area contributed by atoms with Gasteiger partial charge in [0.25, 0.3) is 5.91 Å². The molecule has 1 saturated heterocycles. The van der Waals surface area contributed by atoms with Crippen molar-refractivity contribution in [1.82, 2.24) is 10.2 Å². The number of carbonyl (C=O) groups is 1. The minimum atomic E-state index is -0.511. The summed E-state index contributed by atoms with van der Waals surface area (Å²) in [4.78, 5) is 16.6. The Bertz CT molecular complexity index is 564. The normalized spacial score (nSPS) is 15.2. The van der Waals surface area contributed by atoms with Crippen LogP contribution in [0.2, 0.25) is 0 Å². The van der Waals surface area contributed by atoms with Crippen molar-refractivity contribution < 1.29 is 9.18 Å². The molecule has 1 aliphatic heterocycles. The zero-order valence-corrected chi connectivity index (χ0v) is 16.7. The van der Waals surface area contributed by atoms with Gasteiger partial charge in [0.2, 0.25) is 0 Å². The van der Waals surface area contributed by atoms with Crippen molar-refractivity contribution in [2.24, 2.45) is 5.73 Å². The van der Waals surface area contributed by atoms with E-state index in [0.29, 0.717) is 17.8 Å². The van der Waals surface area contributed by atoms with Crippen LogP contribution < -0.4 is 16.0 Å². The molecule has 1 amide bonds. The predicted octanol–water partition coefficient (Wildman–Crippen LogP) is 2.28. The summed E-state index contributed by atoms with van der Waals surface area (Å²) in [6.45, 7) is 10.6. The lowest BCUT2D eigenvalue weighted by molar-refractivity contribution is 0.0915. The first-order chi connectivity index (χ1) is 10.9. The number of piperazine rings is 1. The maximum Gasteiger partial charge on any atom is 0.251 e. The molecule has 0 unspecified atom stereocenters. The van der Waals surface area contributed by atoms with E-state index in [2.05, 4.69) is 17.1 Å². The molecule has 0 radical (unpaired) electrons. The van der Waals surface area contributed by atoms with Crippen LogP contribution >= 0.6 is 24.8 Å². The second kappa shape index (κ2) is 10.2. The van der Waals surface area contributed by atoms with Crippen LogP contribution in [0.5, 0.6) is 0 Å². The van der Waals surface area contributed by atoms with Crippen LogP contribution in [0.1, 0.15) is 31.1 Å². The molecule has 144 valence electrons. The van der Waals surface area contributed by atoms with Crippen molar-refractivity contribution in [3.63, 3.8) is 0 Å².